The molecular weight excluding hydrogens is 318 g/mol. The molecule has 2 aromatic heterocycles. The van der Waals surface area contributed by atoms with Crippen LogP contribution in [0.25, 0.3) is 11.2 Å². The fraction of sp³-hybridized carbons (Fsp3) is 0.389. The fourth-order valence-corrected chi connectivity index (χ4v) is 3.56. The van der Waals surface area contributed by atoms with Gasteiger partial charge in [-0.15, -0.1) is 0 Å². The second-order valence-electron chi connectivity index (χ2n) is 6.80. The minimum atomic E-state index is -0.433. The van der Waals surface area contributed by atoms with Crippen LogP contribution in [0, 0.1) is 5.92 Å². The highest BCUT2D eigenvalue weighted by atomic mass is 16.2. The molecular formula is C18H21N5O2. The quantitative estimate of drug-likeness (QED) is 0.776. The first-order valence-electron chi connectivity index (χ1n) is 8.53. The normalized spacial score (nSPS) is 17.0. The Morgan fingerprint density at radius 1 is 1.20 bits per heavy atom. The van der Waals surface area contributed by atoms with Gasteiger partial charge in [-0.25, -0.2) is 4.79 Å². The Kier molecular flexibility index (Phi) is 3.71. The number of aryl methyl sites for hydroxylation is 1. The molecule has 0 spiro atoms. The number of aromatic amines is 1. The third-order valence-electron chi connectivity index (χ3n) is 4.81. The summed E-state index contributed by atoms with van der Waals surface area (Å²) in [5.74, 6) is 1.17. The fourth-order valence-electron chi connectivity index (χ4n) is 3.56. The number of rotatable bonds is 3. The van der Waals surface area contributed by atoms with Gasteiger partial charge >= 0.3 is 5.69 Å². The Labute approximate surface area is 144 Å². The Balaban J connectivity index is 1.77. The number of nitrogens with zero attached hydrogens (tertiary/aromatic N) is 4. The summed E-state index contributed by atoms with van der Waals surface area (Å²) >= 11 is 0. The molecule has 0 aliphatic carbocycles. The first-order chi connectivity index (χ1) is 12.0. The van der Waals surface area contributed by atoms with Gasteiger partial charge in [0.05, 0.1) is 0 Å². The summed E-state index contributed by atoms with van der Waals surface area (Å²) in [6.45, 7) is 4.61. The number of hydrogen-bond donors (Lipinski definition) is 1. The number of aromatic nitrogens is 4. The lowest BCUT2D eigenvalue weighted by Crippen LogP contribution is -2.39. The van der Waals surface area contributed by atoms with Gasteiger partial charge in [0, 0.05) is 26.7 Å². The summed E-state index contributed by atoms with van der Waals surface area (Å²) in [6, 6.07) is 10.3. The standard InChI is InChI=1S/C18H21N5O2/c1-12-10-22(9-8-13-6-4-3-5-7-13)17-19-15-14(23(17)11-12)16(24)20-18(25)21(15)2/h3-7,12H,8-11H2,1-2H3,(H,20,24,25)/t12-/m1/s1. The Bertz CT molecular complexity index is 1030. The molecule has 0 amide bonds. The van der Waals surface area contributed by atoms with Crippen LogP contribution in [-0.2, 0) is 20.0 Å². The molecule has 1 N–H and O–H groups in total. The highest BCUT2D eigenvalue weighted by molar-refractivity contribution is 5.74. The largest absolute Gasteiger partial charge is 0.342 e. The second kappa shape index (κ2) is 5.91. The van der Waals surface area contributed by atoms with E-state index in [2.05, 4.69) is 33.9 Å². The van der Waals surface area contributed by atoms with Gasteiger partial charge in [0.25, 0.3) is 5.56 Å². The molecule has 130 valence electrons. The third-order valence-corrected chi connectivity index (χ3v) is 4.81. The van der Waals surface area contributed by atoms with E-state index >= 15 is 0 Å². The molecule has 25 heavy (non-hydrogen) atoms. The predicted octanol–water partition coefficient (Wildman–Crippen LogP) is 1.12. The van der Waals surface area contributed by atoms with Crippen LogP contribution in [0.2, 0.25) is 0 Å². The molecule has 1 aliphatic heterocycles. The van der Waals surface area contributed by atoms with Gasteiger partial charge in [0.1, 0.15) is 0 Å². The maximum Gasteiger partial charge on any atom is 0.329 e. The molecule has 0 unspecified atom stereocenters. The van der Waals surface area contributed by atoms with E-state index in [1.807, 2.05) is 22.8 Å². The summed E-state index contributed by atoms with van der Waals surface area (Å²) in [5.41, 5.74) is 1.40. The highest BCUT2D eigenvalue weighted by Gasteiger charge is 2.27. The number of hydrogen-bond acceptors (Lipinski definition) is 4. The lowest BCUT2D eigenvalue weighted by molar-refractivity contribution is 0.437. The average Bonchev–Trinajstić information content (AvgIpc) is 2.98. The van der Waals surface area contributed by atoms with Gasteiger partial charge in [-0.3, -0.25) is 14.3 Å². The molecule has 7 nitrogen and oxygen atoms in total. The summed E-state index contributed by atoms with van der Waals surface area (Å²) in [5, 5.41) is 0. The van der Waals surface area contributed by atoms with Crippen molar-refractivity contribution in [2.75, 3.05) is 18.0 Å². The second-order valence-corrected chi connectivity index (χ2v) is 6.80. The van der Waals surface area contributed by atoms with Crippen LogP contribution in [0.4, 0.5) is 5.95 Å². The van der Waals surface area contributed by atoms with Crippen LogP contribution in [0.5, 0.6) is 0 Å². The zero-order valence-corrected chi connectivity index (χ0v) is 14.4. The minimum absolute atomic E-state index is 0.367. The summed E-state index contributed by atoms with van der Waals surface area (Å²) < 4.78 is 3.36. The van der Waals surface area contributed by atoms with E-state index in [4.69, 9.17) is 0 Å². The molecule has 3 heterocycles. The van der Waals surface area contributed by atoms with Crippen molar-refractivity contribution >= 4 is 17.1 Å². The zero-order chi connectivity index (χ0) is 17.6. The Hall–Kier alpha value is -2.83. The number of nitrogens with one attached hydrogen (secondary N) is 1. The van der Waals surface area contributed by atoms with E-state index in [0.29, 0.717) is 17.1 Å². The zero-order valence-electron chi connectivity index (χ0n) is 14.4. The first-order valence-corrected chi connectivity index (χ1v) is 8.53. The smallest absolute Gasteiger partial charge is 0.329 e. The number of anilines is 1. The van der Waals surface area contributed by atoms with Gasteiger partial charge in [0.15, 0.2) is 11.2 Å². The van der Waals surface area contributed by atoms with E-state index in [1.54, 1.807) is 7.05 Å². The van der Waals surface area contributed by atoms with Crippen molar-refractivity contribution in [2.24, 2.45) is 13.0 Å². The molecule has 1 aliphatic rings. The maximum absolute atomic E-state index is 12.3. The van der Waals surface area contributed by atoms with Crippen LogP contribution in [-0.4, -0.2) is 32.2 Å². The molecule has 0 saturated carbocycles. The van der Waals surface area contributed by atoms with E-state index in [0.717, 1.165) is 32.0 Å². The van der Waals surface area contributed by atoms with Gasteiger partial charge in [-0.1, -0.05) is 37.3 Å². The lowest BCUT2D eigenvalue weighted by Gasteiger charge is -2.33. The van der Waals surface area contributed by atoms with Crippen molar-refractivity contribution in [3.05, 3.63) is 56.7 Å². The van der Waals surface area contributed by atoms with Crippen molar-refractivity contribution in [1.29, 1.82) is 0 Å². The molecule has 1 aromatic carbocycles. The van der Waals surface area contributed by atoms with Crippen molar-refractivity contribution in [3.8, 4) is 0 Å². The summed E-state index contributed by atoms with van der Waals surface area (Å²) in [6.07, 6.45) is 0.909. The third kappa shape index (κ3) is 2.65. The Morgan fingerprint density at radius 2 is 1.96 bits per heavy atom. The first kappa shape index (κ1) is 15.7. The predicted molar refractivity (Wildman–Crippen MR) is 97.1 cm³/mol. The summed E-state index contributed by atoms with van der Waals surface area (Å²) in [7, 11) is 1.64. The molecule has 0 saturated heterocycles. The molecule has 0 radical (unpaired) electrons. The topological polar surface area (TPSA) is 75.9 Å². The monoisotopic (exact) mass is 339 g/mol. The van der Waals surface area contributed by atoms with Gasteiger partial charge in [-0.05, 0) is 17.9 Å². The molecule has 0 bridgehead atoms. The van der Waals surface area contributed by atoms with Gasteiger partial charge in [-0.2, -0.15) is 4.98 Å². The van der Waals surface area contributed by atoms with E-state index < -0.39 is 5.69 Å². The van der Waals surface area contributed by atoms with Crippen LogP contribution in [0.3, 0.4) is 0 Å². The van der Waals surface area contributed by atoms with Gasteiger partial charge in [0.2, 0.25) is 5.95 Å². The van der Waals surface area contributed by atoms with Crippen LogP contribution < -0.4 is 16.1 Å². The van der Waals surface area contributed by atoms with Crippen LogP contribution in [0.15, 0.2) is 39.9 Å². The lowest BCUT2D eigenvalue weighted by atomic mass is 10.1. The van der Waals surface area contributed by atoms with Crippen LogP contribution in [0.1, 0.15) is 12.5 Å². The van der Waals surface area contributed by atoms with Crippen molar-refractivity contribution in [1.82, 2.24) is 19.1 Å². The SMILES string of the molecule is C[C@@H]1CN(CCc2ccccc2)c2nc3c(c(=O)[nH]c(=O)n3C)n2C1. The van der Waals surface area contributed by atoms with Gasteiger partial charge < -0.3 is 9.47 Å². The van der Waals surface area contributed by atoms with Crippen molar-refractivity contribution in [3.63, 3.8) is 0 Å². The number of imidazole rings is 1. The van der Waals surface area contributed by atoms with E-state index in [-0.39, 0.29) is 5.56 Å². The van der Waals surface area contributed by atoms with Crippen molar-refractivity contribution < 1.29 is 0 Å². The molecule has 4 rings (SSSR count). The maximum atomic E-state index is 12.3. The molecule has 0 fully saturated rings. The highest BCUT2D eigenvalue weighted by Crippen LogP contribution is 2.26. The summed E-state index contributed by atoms with van der Waals surface area (Å²) in [4.78, 5) is 33.4. The van der Waals surface area contributed by atoms with E-state index in [9.17, 15) is 9.59 Å². The number of fused-ring (bicyclic) bond motifs is 3. The average molecular weight is 339 g/mol. The molecule has 1 atom stereocenters. The number of H-pyrrole nitrogens is 1. The van der Waals surface area contributed by atoms with Crippen LogP contribution >= 0.6 is 0 Å². The van der Waals surface area contributed by atoms with Crippen molar-refractivity contribution in [2.45, 2.75) is 19.9 Å². The number of benzene rings is 1. The van der Waals surface area contributed by atoms with E-state index in [1.165, 1.54) is 10.1 Å². The minimum Gasteiger partial charge on any atom is -0.342 e. The molecule has 7 heteroatoms. The molecule has 3 aromatic rings. The Morgan fingerprint density at radius 3 is 2.72 bits per heavy atom.